The quantitative estimate of drug-likeness (QED) is 0.183. The van der Waals surface area contributed by atoms with E-state index < -0.39 is 59.9 Å². The highest BCUT2D eigenvalue weighted by Gasteiger charge is 2.52. The zero-order valence-electron chi connectivity index (χ0n) is 13.4. The first-order valence-corrected chi connectivity index (χ1v) is 8.96. The topological polar surface area (TPSA) is 217 Å². The molecule has 14 heteroatoms. The summed E-state index contributed by atoms with van der Waals surface area (Å²) in [6.07, 6.45) is 0.383. The Hall–Kier alpha value is -1.29. The first-order valence-electron chi connectivity index (χ1n) is 7.52. The fourth-order valence-electron chi connectivity index (χ4n) is 2.67. The van der Waals surface area contributed by atoms with Crippen molar-refractivity contribution in [1.29, 1.82) is 0 Å². The van der Waals surface area contributed by atoms with Crippen LogP contribution in [0.4, 0.5) is 0 Å². The van der Waals surface area contributed by atoms with Crippen LogP contribution in [0.5, 0.6) is 0 Å². The van der Waals surface area contributed by atoms with Crippen molar-refractivity contribution in [1.82, 2.24) is 9.03 Å². The fourth-order valence-corrected chi connectivity index (χ4v) is 4.13. The van der Waals surface area contributed by atoms with E-state index in [1.807, 2.05) is 4.72 Å². The van der Waals surface area contributed by atoms with Gasteiger partial charge in [0.05, 0.1) is 0 Å². The van der Waals surface area contributed by atoms with E-state index in [2.05, 4.69) is 0 Å². The summed E-state index contributed by atoms with van der Waals surface area (Å²) in [6.45, 7) is -1.26. The van der Waals surface area contributed by atoms with Crippen molar-refractivity contribution in [2.75, 3.05) is 19.6 Å². The van der Waals surface area contributed by atoms with Crippen LogP contribution in [0.3, 0.4) is 0 Å². The summed E-state index contributed by atoms with van der Waals surface area (Å²) in [6, 6.07) is -1.55. The molecule has 1 aliphatic heterocycles. The molecule has 0 aromatic carbocycles. The van der Waals surface area contributed by atoms with E-state index >= 15 is 0 Å². The van der Waals surface area contributed by atoms with Gasteiger partial charge in [-0.1, -0.05) is 6.42 Å². The van der Waals surface area contributed by atoms with E-state index in [1.165, 1.54) is 0 Å². The normalized spacial score (nSPS) is 25.7. The molecular weight excluding hydrogens is 359 g/mol. The second-order valence-corrected chi connectivity index (χ2v) is 7.70. The van der Waals surface area contributed by atoms with Crippen LogP contribution in [-0.4, -0.2) is 83.3 Å². The average Bonchev–Trinajstić information content (AvgIpc) is 2.84. The maximum absolute atomic E-state index is 12.3. The van der Waals surface area contributed by atoms with Crippen molar-refractivity contribution in [2.45, 2.75) is 30.7 Å². The third-order valence-corrected chi connectivity index (χ3v) is 5.71. The predicted molar refractivity (Wildman–Crippen MR) is 86.4 cm³/mol. The molecule has 0 saturated carbocycles. The number of nitrogens with zero attached hydrogens (tertiary/aromatic N) is 1. The monoisotopic (exact) mass is 382 g/mol. The first-order chi connectivity index (χ1) is 11.4. The van der Waals surface area contributed by atoms with Crippen LogP contribution >= 0.6 is 0 Å². The molecule has 144 valence electrons. The summed E-state index contributed by atoms with van der Waals surface area (Å²) in [5, 5.41) is 36.0. The Bertz CT molecular complexity index is 603. The summed E-state index contributed by atoms with van der Waals surface area (Å²) < 4.78 is 27.3. The summed E-state index contributed by atoms with van der Waals surface area (Å²) in [7, 11) is -5.87. The number of nitrogens with two attached hydrogens (primary N) is 2. The van der Waals surface area contributed by atoms with Gasteiger partial charge in [-0.2, -0.15) is 17.4 Å². The molecule has 0 amide bonds. The van der Waals surface area contributed by atoms with Crippen molar-refractivity contribution in [2.24, 2.45) is 17.4 Å². The van der Waals surface area contributed by atoms with Crippen LogP contribution in [0.2, 0.25) is 6.32 Å². The first kappa shape index (κ1) is 21.8. The van der Waals surface area contributed by atoms with E-state index in [4.69, 9.17) is 26.6 Å². The number of aliphatic carboxylic acids is 2. The van der Waals surface area contributed by atoms with Gasteiger partial charge in [0, 0.05) is 25.6 Å². The van der Waals surface area contributed by atoms with Gasteiger partial charge in [0.1, 0.15) is 11.6 Å². The van der Waals surface area contributed by atoms with E-state index in [0.29, 0.717) is 0 Å². The molecule has 0 bridgehead atoms. The molecule has 0 unspecified atom stereocenters. The van der Waals surface area contributed by atoms with Crippen molar-refractivity contribution in [3.05, 3.63) is 0 Å². The Morgan fingerprint density at radius 2 is 1.96 bits per heavy atom. The summed E-state index contributed by atoms with van der Waals surface area (Å²) in [5.41, 5.74) is 9.22. The molecule has 0 aromatic heterocycles. The van der Waals surface area contributed by atoms with Crippen LogP contribution in [-0.2, 0) is 19.8 Å². The summed E-state index contributed by atoms with van der Waals surface area (Å²) >= 11 is 0. The van der Waals surface area contributed by atoms with Crippen LogP contribution in [0.15, 0.2) is 0 Å². The largest absolute Gasteiger partial charge is 0.480 e. The maximum Gasteiger partial charge on any atom is 0.451 e. The van der Waals surface area contributed by atoms with Gasteiger partial charge in [-0.05, 0) is 12.7 Å². The molecule has 0 aromatic rings. The highest BCUT2D eigenvalue weighted by Crippen LogP contribution is 2.31. The minimum atomic E-state index is -4.31. The molecule has 1 heterocycles. The number of rotatable bonds is 10. The third kappa shape index (κ3) is 5.34. The molecule has 0 aliphatic carbocycles. The third-order valence-electron chi connectivity index (χ3n) is 4.17. The van der Waals surface area contributed by atoms with Crippen LogP contribution in [0.1, 0.15) is 12.8 Å². The highest BCUT2D eigenvalue weighted by atomic mass is 32.2. The van der Waals surface area contributed by atoms with Crippen molar-refractivity contribution in [3.8, 4) is 0 Å². The van der Waals surface area contributed by atoms with Gasteiger partial charge >= 0.3 is 19.1 Å². The van der Waals surface area contributed by atoms with Gasteiger partial charge in [-0.3, -0.25) is 9.59 Å². The van der Waals surface area contributed by atoms with E-state index in [-0.39, 0.29) is 25.7 Å². The van der Waals surface area contributed by atoms with Crippen molar-refractivity contribution < 1.29 is 38.3 Å². The Kier molecular flexibility index (Phi) is 7.31. The molecule has 0 spiro atoms. The Morgan fingerprint density at radius 3 is 2.40 bits per heavy atom. The lowest BCUT2D eigenvalue weighted by Gasteiger charge is -2.25. The van der Waals surface area contributed by atoms with Gasteiger partial charge in [-0.15, -0.1) is 0 Å². The van der Waals surface area contributed by atoms with Gasteiger partial charge in [0.15, 0.2) is 0 Å². The van der Waals surface area contributed by atoms with Crippen LogP contribution in [0, 0.1) is 5.92 Å². The minimum absolute atomic E-state index is 0.00847. The standard InChI is InChI=1S/C11H23BN4O8S/c13-4-8(9(17)18)15-25(23,24)16-5-7(2-1-3-12(21)22)11(14,6-16)10(19)20/h7-8,15,21-22H,1-6,13-14H2,(H,17,18)(H,19,20)/t7-,8-,11-/m0/s1. The summed E-state index contributed by atoms with van der Waals surface area (Å²) in [5.74, 6) is -3.63. The Labute approximate surface area is 145 Å². The summed E-state index contributed by atoms with van der Waals surface area (Å²) in [4.78, 5) is 22.4. The second-order valence-electron chi connectivity index (χ2n) is 6.00. The smallest absolute Gasteiger partial charge is 0.451 e. The molecule has 12 nitrogen and oxygen atoms in total. The number of hydrogen-bond donors (Lipinski definition) is 7. The lowest BCUT2D eigenvalue weighted by Crippen LogP contribution is -2.56. The molecule has 1 fully saturated rings. The van der Waals surface area contributed by atoms with Gasteiger partial charge in [-0.25, -0.2) is 0 Å². The molecule has 3 atom stereocenters. The second kappa shape index (κ2) is 8.40. The molecule has 1 saturated heterocycles. The molecule has 0 radical (unpaired) electrons. The average molecular weight is 382 g/mol. The predicted octanol–water partition coefficient (Wildman–Crippen LogP) is -3.80. The lowest BCUT2D eigenvalue weighted by atomic mass is 9.78. The van der Waals surface area contributed by atoms with E-state index in [1.54, 1.807) is 0 Å². The Morgan fingerprint density at radius 1 is 1.36 bits per heavy atom. The molecular formula is C11H23BN4O8S. The number of nitrogens with one attached hydrogen (secondary N) is 1. The maximum atomic E-state index is 12.3. The van der Waals surface area contributed by atoms with Gasteiger partial charge in [0.25, 0.3) is 10.2 Å². The number of hydrogen-bond acceptors (Lipinski definition) is 8. The van der Waals surface area contributed by atoms with Crippen LogP contribution < -0.4 is 16.2 Å². The number of carbonyl (C=O) groups is 2. The minimum Gasteiger partial charge on any atom is -0.480 e. The molecule has 1 aliphatic rings. The van der Waals surface area contributed by atoms with Gasteiger partial charge < -0.3 is 31.7 Å². The SMILES string of the molecule is NC[C@H](NS(=O)(=O)N1C[C@H](CCCB(O)O)[C@](N)(C(=O)O)C1)C(=O)O. The molecule has 9 N–H and O–H groups in total. The van der Waals surface area contributed by atoms with E-state index in [9.17, 15) is 23.1 Å². The number of carboxylic acids is 2. The van der Waals surface area contributed by atoms with Crippen molar-refractivity contribution in [3.63, 3.8) is 0 Å². The zero-order chi connectivity index (χ0) is 19.4. The highest BCUT2D eigenvalue weighted by molar-refractivity contribution is 7.87. The zero-order valence-corrected chi connectivity index (χ0v) is 14.2. The Balaban J connectivity index is 2.92. The molecule has 1 rings (SSSR count). The lowest BCUT2D eigenvalue weighted by molar-refractivity contribution is -0.144. The fraction of sp³-hybridized carbons (Fsp3) is 0.818. The number of carboxylic acid groups (broad SMARTS) is 2. The molecule has 25 heavy (non-hydrogen) atoms. The van der Waals surface area contributed by atoms with Gasteiger partial charge in [0.2, 0.25) is 0 Å². The van der Waals surface area contributed by atoms with Crippen LogP contribution in [0.25, 0.3) is 0 Å². The van der Waals surface area contributed by atoms with Crippen molar-refractivity contribution >= 4 is 29.3 Å². The van der Waals surface area contributed by atoms with E-state index in [0.717, 1.165) is 4.31 Å².